The summed E-state index contributed by atoms with van der Waals surface area (Å²) >= 11 is 0. The van der Waals surface area contributed by atoms with Gasteiger partial charge in [0.2, 0.25) is 0 Å². The number of hydrogen-bond donors (Lipinski definition) is 1. The van der Waals surface area contributed by atoms with Crippen LogP contribution in [-0.4, -0.2) is 16.5 Å². The van der Waals surface area contributed by atoms with Crippen molar-refractivity contribution in [2.45, 2.75) is 52.0 Å². The van der Waals surface area contributed by atoms with Gasteiger partial charge in [0.25, 0.3) is 0 Å². The molecule has 0 radical (unpaired) electrons. The van der Waals surface area contributed by atoms with Crippen LogP contribution in [-0.2, 0) is 13.0 Å². The number of nitrogens with zero attached hydrogens (tertiary/aromatic N) is 2. The maximum absolute atomic E-state index is 4.62. The van der Waals surface area contributed by atoms with Gasteiger partial charge in [-0.3, -0.25) is 0 Å². The summed E-state index contributed by atoms with van der Waals surface area (Å²) in [6.45, 7) is 6.80. The Morgan fingerprint density at radius 3 is 2.89 bits per heavy atom. The van der Waals surface area contributed by atoms with E-state index >= 15 is 0 Å². The van der Waals surface area contributed by atoms with Crippen molar-refractivity contribution in [3.05, 3.63) is 23.3 Å². The average Bonchev–Trinajstić information content (AvgIpc) is 2.41. The third kappa shape index (κ3) is 2.16. The summed E-state index contributed by atoms with van der Waals surface area (Å²) in [7, 11) is 0. The minimum absolute atomic E-state index is 0.660. The van der Waals surface area contributed by atoms with Gasteiger partial charge in [-0.1, -0.05) is 13.8 Å². The fourth-order valence-electron chi connectivity index (χ4n) is 3.44. The Morgan fingerprint density at radius 2 is 2.06 bits per heavy atom. The van der Waals surface area contributed by atoms with E-state index in [2.05, 4.69) is 29.1 Å². The van der Waals surface area contributed by atoms with Crippen molar-refractivity contribution in [2.24, 2.45) is 11.8 Å². The molecule has 2 heterocycles. The number of hydrogen-bond acceptors (Lipinski definition) is 3. The Hall–Kier alpha value is -0.960. The van der Waals surface area contributed by atoms with Crippen LogP contribution in [0.25, 0.3) is 0 Å². The van der Waals surface area contributed by atoms with Gasteiger partial charge in [-0.25, -0.2) is 9.97 Å². The van der Waals surface area contributed by atoms with Gasteiger partial charge in [0.1, 0.15) is 6.33 Å². The molecule has 1 aliphatic carbocycles. The highest BCUT2D eigenvalue weighted by atomic mass is 14.9. The minimum atomic E-state index is 0.660. The first-order chi connectivity index (χ1) is 8.75. The Kier molecular flexibility index (Phi) is 3.33. The van der Waals surface area contributed by atoms with Crippen molar-refractivity contribution < 1.29 is 0 Å². The summed E-state index contributed by atoms with van der Waals surface area (Å²) < 4.78 is 0. The summed E-state index contributed by atoms with van der Waals surface area (Å²) in [6.07, 6.45) is 6.78. The normalized spacial score (nSPS) is 32.0. The molecule has 3 nitrogen and oxygen atoms in total. The van der Waals surface area contributed by atoms with E-state index in [9.17, 15) is 0 Å². The molecule has 1 fully saturated rings. The summed E-state index contributed by atoms with van der Waals surface area (Å²) in [6, 6.07) is 0. The molecule has 1 aromatic rings. The summed E-state index contributed by atoms with van der Waals surface area (Å²) in [5.74, 6) is 2.36. The van der Waals surface area contributed by atoms with E-state index in [0.29, 0.717) is 5.92 Å². The van der Waals surface area contributed by atoms with Crippen LogP contribution in [0.5, 0.6) is 0 Å². The van der Waals surface area contributed by atoms with Gasteiger partial charge < -0.3 is 5.32 Å². The second kappa shape index (κ2) is 4.96. The van der Waals surface area contributed by atoms with Crippen LogP contribution in [0.2, 0.25) is 0 Å². The SMILES string of the molecule is CC1CCC(c2ncnc3c2CNCC3)CC1C. The number of aromatic nitrogens is 2. The molecule has 0 bridgehead atoms. The molecule has 1 aromatic heterocycles. The van der Waals surface area contributed by atoms with Crippen molar-refractivity contribution in [3.8, 4) is 0 Å². The van der Waals surface area contributed by atoms with E-state index in [1.807, 2.05) is 0 Å². The lowest BCUT2D eigenvalue weighted by atomic mass is 9.74. The molecule has 98 valence electrons. The zero-order chi connectivity index (χ0) is 12.5. The van der Waals surface area contributed by atoms with Gasteiger partial charge in [-0.2, -0.15) is 0 Å². The molecule has 3 atom stereocenters. The smallest absolute Gasteiger partial charge is 0.115 e. The zero-order valence-electron chi connectivity index (χ0n) is 11.4. The standard InChI is InChI=1S/C15H23N3/c1-10-3-4-12(7-11(10)2)15-13-8-16-6-5-14(13)17-9-18-15/h9-12,16H,3-8H2,1-2H3. The van der Waals surface area contributed by atoms with Crippen LogP contribution in [0.4, 0.5) is 0 Å². The van der Waals surface area contributed by atoms with Crippen LogP contribution < -0.4 is 5.32 Å². The lowest BCUT2D eigenvalue weighted by Crippen LogP contribution is -2.28. The predicted octanol–water partition coefficient (Wildman–Crippen LogP) is 2.66. The molecule has 1 N–H and O–H groups in total. The van der Waals surface area contributed by atoms with Gasteiger partial charge in [0, 0.05) is 36.7 Å². The first-order valence-electron chi connectivity index (χ1n) is 7.29. The molecule has 3 rings (SSSR count). The van der Waals surface area contributed by atoms with Crippen LogP contribution in [0, 0.1) is 11.8 Å². The predicted molar refractivity (Wildman–Crippen MR) is 72.4 cm³/mol. The second-order valence-electron chi connectivity index (χ2n) is 6.08. The van der Waals surface area contributed by atoms with Gasteiger partial charge >= 0.3 is 0 Å². The maximum atomic E-state index is 4.62. The maximum Gasteiger partial charge on any atom is 0.115 e. The van der Waals surface area contributed by atoms with Crippen molar-refractivity contribution in [2.75, 3.05) is 6.54 Å². The first-order valence-corrected chi connectivity index (χ1v) is 7.29. The quantitative estimate of drug-likeness (QED) is 0.826. The van der Waals surface area contributed by atoms with E-state index in [1.54, 1.807) is 6.33 Å². The highest BCUT2D eigenvalue weighted by Gasteiger charge is 2.29. The molecular weight excluding hydrogens is 222 g/mol. The van der Waals surface area contributed by atoms with E-state index < -0.39 is 0 Å². The molecule has 2 aliphatic rings. The summed E-state index contributed by atoms with van der Waals surface area (Å²) in [5.41, 5.74) is 4.02. The van der Waals surface area contributed by atoms with Gasteiger partial charge in [-0.05, 0) is 31.1 Å². The van der Waals surface area contributed by atoms with Crippen LogP contribution in [0.1, 0.15) is 56.0 Å². The Balaban J connectivity index is 1.88. The largest absolute Gasteiger partial charge is 0.312 e. The fourth-order valence-corrected chi connectivity index (χ4v) is 3.44. The van der Waals surface area contributed by atoms with Crippen molar-refractivity contribution in [1.82, 2.24) is 15.3 Å². The third-order valence-electron chi connectivity index (χ3n) is 4.89. The number of nitrogens with one attached hydrogen (secondary N) is 1. The van der Waals surface area contributed by atoms with Crippen molar-refractivity contribution in [1.29, 1.82) is 0 Å². The first kappa shape index (κ1) is 12.1. The third-order valence-corrected chi connectivity index (χ3v) is 4.89. The summed E-state index contributed by atoms with van der Waals surface area (Å²) in [5, 5.41) is 3.46. The molecule has 1 aliphatic heterocycles. The van der Waals surface area contributed by atoms with Gasteiger partial charge in [0.05, 0.1) is 5.69 Å². The molecule has 0 saturated heterocycles. The molecule has 18 heavy (non-hydrogen) atoms. The highest BCUT2D eigenvalue weighted by Crippen LogP contribution is 2.39. The van der Waals surface area contributed by atoms with Gasteiger partial charge in [-0.15, -0.1) is 0 Å². The monoisotopic (exact) mass is 245 g/mol. The molecule has 1 saturated carbocycles. The molecule has 0 amide bonds. The van der Waals surface area contributed by atoms with E-state index in [1.165, 1.54) is 36.2 Å². The average molecular weight is 245 g/mol. The Bertz CT molecular complexity index is 430. The van der Waals surface area contributed by atoms with Crippen molar-refractivity contribution in [3.63, 3.8) is 0 Å². The van der Waals surface area contributed by atoms with Crippen LogP contribution >= 0.6 is 0 Å². The van der Waals surface area contributed by atoms with Gasteiger partial charge in [0.15, 0.2) is 0 Å². The molecule has 3 heteroatoms. The van der Waals surface area contributed by atoms with Crippen LogP contribution in [0.3, 0.4) is 0 Å². The molecule has 3 unspecified atom stereocenters. The van der Waals surface area contributed by atoms with Crippen molar-refractivity contribution >= 4 is 0 Å². The zero-order valence-corrected chi connectivity index (χ0v) is 11.4. The lowest BCUT2D eigenvalue weighted by molar-refractivity contribution is 0.247. The number of rotatable bonds is 1. The molecule has 0 spiro atoms. The van der Waals surface area contributed by atoms with Crippen LogP contribution in [0.15, 0.2) is 6.33 Å². The Labute approximate surface area is 109 Å². The molecule has 0 aromatic carbocycles. The second-order valence-corrected chi connectivity index (χ2v) is 6.08. The fraction of sp³-hybridized carbons (Fsp3) is 0.733. The summed E-state index contributed by atoms with van der Waals surface area (Å²) in [4.78, 5) is 9.08. The topological polar surface area (TPSA) is 37.8 Å². The molecular formula is C15H23N3. The highest BCUT2D eigenvalue weighted by molar-refractivity contribution is 5.29. The van der Waals surface area contributed by atoms with E-state index in [4.69, 9.17) is 0 Å². The lowest BCUT2D eigenvalue weighted by Gasteiger charge is -2.33. The van der Waals surface area contributed by atoms with E-state index in [0.717, 1.165) is 31.3 Å². The number of fused-ring (bicyclic) bond motifs is 1. The Morgan fingerprint density at radius 1 is 1.17 bits per heavy atom. The minimum Gasteiger partial charge on any atom is -0.312 e. The van der Waals surface area contributed by atoms with E-state index in [-0.39, 0.29) is 0 Å².